The third-order valence-corrected chi connectivity index (χ3v) is 3.31. The molecule has 102 valence electrons. The van der Waals surface area contributed by atoms with Gasteiger partial charge in [-0.2, -0.15) is 0 Å². The van der Waals surface area contributed by atoms with Crippen LogP contribution in [0.3, 0.4) is 0 Å². The van der Waals surface area contributed by atoms with Gasteiger partial charge < -0.3 is 10.4 Å². The average Bonchev–Trinajstić information content (AvgIpc) is 2.36. The van der Waals surface area contributed by atoms with E-state index in [1.165, 1.54) is 13.8 Å². The maximum atomic E-state index is 11.9. The Kier molecular flexibility index (Phi) is 5.05. The summed E-state index contributed by atoms with van der Waals surface area (Å²) in [6.07, 6.45) is 0. The van der Waals surface area contributed by atoms with Crippen molar-refractivity contribution >= 4 is 23.8 Å². The minimum atomic E-state index is -1.22. The van der Waals surface area contributed by atoms with Crippen molar-refractivity contribution in [3.05, 3.63) is 40.8 Å². The van der Waals surface area contributed by atoms with Crippen molar-refractivity contribution in [1.29, 1.82) is 0 Å². The second-order valence-electron chi connectivity index (χ2n) is 4.38. The summed E-state index contributed by atoms with van der Waals surface area (Å²) < 4.78 is 1.60. The van der Waals surface area contributed by atoms with E-state index in [2.05, 4.69) is 9.90 Å². The number of amides is 1. The molecule has 6 nitrogen and oxygen atoms in total. The van der Waals surface area contributed by atoms with Crippen molar-refractivity contribution in [2.24, 2.45) is 4.58 Å². The lowest BCUT2D eigenvalue weighted by Gasteiger charge is -2.28. The van der Waals surface area contributed by atoms with Gasteiger partial charge in [0.15, 0.2) is 0 Å². The van der Waals surface area contributed by atoms with E-state index in [0.717, 1.165) is 0 Å². The highest BCUT2D eigenvalue weighted by Crippen LogP contribution is 2.29. The van der Waals surface area contributed by atoms with E-state index in [4.69, 9.17) is 5.11 Å². The summed E-state index contributed by atoms with van der Waals surface area (Å²) in [5, 5.41) is 11.6. The molecule has 0 aliphatic carbocycles. The van der Waals surface area contributed by atoms with Gasteiger partial charge in [-0.15, -0.1) is 4.91 Å². The van der Waals surface area contributed by atoms with E-state index in [0.29, 0.717) is 17.5 Å². The number of nitroso groups, excluding NO2 is 1. The highest BCUT2D eigenvalue weighted by molar-refractivity contribution is 7.99. The Labute approximate surface area is 114 Å². The first-order valence-electron chi connectivity index (χ1n) is 5.48. The molecule has 0 aromatic heterocycles. The fourth-order valence-corrected chi connectivity index (χ4v) is 1.94. The van der Waals surface area contributed by atoms with Crippen LogP contribution < -0.4 is 5.32 Å². The quantitative estimate of drug-likeness (QED) is 0.615. The van der Waals surface area contributed by atoms with Gasteiger partial charge in [0.05, 0.1) is 4.75 Å². The SMILES string of the molecule is CC(C)(SN=O)C(NC(=O)c1ccccc1)C(=O)O. The molecule has 1 aromatic carbocycles. The first-order valence-corrected chi connectivity index (χ1v) is 6.25. The number of carboxylic acids is 1. The van der Waals surface area contributed by atoms with E-state index in [-0.39, 0.29) is 0 Å². The first-order chi connectivity index (χ1) is 8.88. The van der Waals surface area contributed by atoms with E-state index >= 15 is 0 Å². The van der Waals surface area contributed by atoms with Crippen molar-refractivity contribution in [3.63, 3.8) is 0 Å². The molecule has 2 N–H and O–H groups in total. The number of carbonyl (C=O) groups is 2. The molecule has 1 aromatic rings. The highest BCUT2D eigenvalue weighted by Gasteiger charge is 2.38. The van der Waals surface area contributed by atoms with Crippen molar-refractivity contribution in [2.75, 3.05) is 0 Å². The molecule has 19 heavy (non-hydrogen) atoms. The molecule has 0 saturated heterocycles. The predicted molar refractivity (Wildman–Crippen MR) is 72.8 cm³/mol. The Morgan fingerprint density at radius 3 is 2.37 bits per heavy atom. The topological polar surface area (TPSA) is 95.8 Å². The van der Waals surface area contributed by atoms with Crippen molar-refractivity contribution in [1.82, 2.24) is 5.32 Å². The summed E-state index contributed by atoms with van der Waals surface area (Å²) >= 11 is 0.581. The maximum Gasteiger partial charge on any atom is 0.327 e. The van der Waals surface area contributed by atoms with Gasteiger partial charge in [-0.05, 0) is 26.0 Å². The summed E-state index contributed by atoms with van der Waals surface area (Å²) in [5.41, 5.74) is 0.355. The molecule has 0 spiro atoms. The molecule has 1 atom stereocenters. The van der Waals surface area contributed by atoms with E-state index in [1.54, 1.807) is 30.3 Å². The van der Waals surface area contributed by atoms with Crippen LogP contribution in [0.4, 0.5) is 0 Å². The lowest BCUT2D eigenvalue weighted by Crippen LogP contribution is -2.52. The second kappa shape index (κ2) is 6.33. The molecule has 7 heteroatoms. The molecular formula is C12H14N2O4S. The van der Waals surface area contributed by atoms with Gasteiger partial charge in [-0.25, -0.2) is 4.79 Å². The summed E-state index contributed by atoms with van der Waals surface area (Å²) in [6, 6.07) is 7.04. The number of carbonyl (C=O) groups excluding carboxylic acids is 1. The van der Waals surface area contributed by atoms with Crippen molar-refractivity contribution < 1.29 is 14.7 Å². The van der Waals surface area contributed by atoms with Gasteiger partial charge in [0.25, 0.3) is 5.91 Å². The lowest BCUT2D eigenvalue weighted by molar-refractivity contribution is -0.139. The molecule has 0 aliphatic rings. The van der Waals surface area contributed by atoms with Crippen LogP contribution in [0.1, 0.15) is 24.2 Å². The Morgan fingerprint density at radius 1 is 1.32 bits per heavy atom. The number of benzene rings is 1. The van der Waals surface area contributed by atoms with E-state index in [9.17, 15) is 14.5 Å². The standard InChI is InChI=1S/C12H14N2O4S/c1-12(2,19-14-18)9(11(16)17)13-10(15)8-6-4-3-5-7-8/h3-7,9H,1-2H3,(H,13,15)(H,16,17). The van der Waals surface area contributed by atoms with Crippen LogP contribution in [0.25, 0.3) is 0 Å². The van der Waals surface area contributed by atoms with Gasteiger partial charge in [0.2, 0.25) is 0 Å². The largest absolute Gasteiger partial charge is 0.480 e. The first kappa shape index (κ1) is 15.2. The molecule has 0 saturated carbocycles. The summed E-state index contributed by atoms with van der Waals surface area (Å²) in [7, 11) is 0. The summed E-state index contributed by atoms with van der Waals surface area (Å²) in [6.45, 7) is 3.06. The third-order valence-electron chi connectivity index (χ3n) is 2.53. The molecule has 0 bridgehead atoms. The molecule has 0 fully saturated rings. The monoisotopic (exact) mass is 282 g/mol. The van der Waals surface area contributed by atoms with Crippen LogP contribution >= 0.6 is 11.9 Å². The lowest BCUT2D eigenvalue weighted by atomic mass is 10.0. The Morgan fingerprint density at radius 2 is 1.89 bits per heavy atom. The number of nitrogens with one attached hydrogen (secondary N) is 1. The number of nitrogens with zero attached hydrogens (tertiary/aromatic N) is 1. The van der Waals surface area contributed by atoms with Gasteiger partial charge in [0.1, 0.15) is 6.04 Å². The van der Waals surface area contributed by atoms with Crippen LogP contribution in [-0.2, 0) is 4.79 Å². The van der Waals surface area contributed by atoms with Crippen molar-refractivity contribution in [3.8, 4) is 0 Å². The van der Waals surface area contributed by atoms with E-state index in [1.807, 2.05) is 0 Å². The molecule has 1 amide bonds. The minimum Gasteiger partial charge on any atom is -0.480 e. The normalized spacial score (nSPS) is 12.5. The zero-order valence-electron chi connectivity index (χ0n) is 10.5. The number of rotatable bonds is 6. The molecule has 1 rings (SSSR count). The van der Waals surface area contributed by atoms with Crippen molar-refractivity contribution in [2.45, 2.75) is 24.6 Å². The maximum absolute atomic E-state index is 11.9. The van der Waals surface area contributed by atoms with Gasteiger partial charge in [0, 0.05) is 22.1 Å². The average molecular weight is 282 g/mol. The minimum absolute atomic E-state index is 0.355. The number of hydrogen-bond acceptors (Lipinski definition) is 5. The molecular weight excluding hydrogens is 268 g/mol. The fraction of sp³-hybridized carbons (Fsp3) is 0.333. The number of carboxylic acid groups (broad SMARTS) is 1. The molecule has 0 heterocycles. The Bertz CT molecular complexity index is 476. The predicted octanol–water partition coefficient (Wildman–Crippen LogP) is 2.06. The van der Waals surface area contributed by atoms with Gasteiger partial charge in [-0.3, -0.25) is 4.79 Å². The zero-order valence-corrected chi connectivity index (χ0v) is 11.3. The zero-order chi connectivity index (χ0) is 14.5. The number of hydrogen-bond donors (Lipinski definition) is 2. The van der Waals surface area contributed by atoms with Crippen LogP contribution in [0.2, 0.25) is 0 Å². The van der Waals surface area contributed by atoms with Crippen LogP contribution in [0.15, 0.2) is 34.9 Å². The van der Waals surface area contributed by atoms with Crippen LogP contribution in [0.5, 0.6) is 0 Å². The highest BCUT2D eigenvalue weighted by atomic mass is 32.2. The molecule has 0 aliphatic heterocycles. The molecule has 1 unspecified atom stereocenters. The second-order valence-corrected chi connectivity index (χ2v) is 5.76. The van der Waals surface area contributed by atoms with E-state index < -0.39 is 22.7 Å². The fourth-order valence-electron chi connectivity index (χ4n) is 1.49. The van der Waals surface area contributed by atoms with Gasteiger partial charge in [-0.1, -0.05) is 18.2 Å². The van der Waals surface area contributed by atoms with Crippen LogP contribution in [0, 0.1) is 4.91 Å². The summed E-state index contributed by atoms with van der Waals surface area (Å²) in [4.78, 5) is 33.4. The molecule has 0 radical (unpaired) electrons. The summed E-state index contributed by atoms with van der Waals surface area (Å²) in [5.74, 6) is -1.72. The Balaban J connectivity index is 2.89. The third kappa shape index (κ3) is 4.06. The number of aliphatic carboxylic acids is 1. The van der Waals surface area contributed by atoms with Crippen LogP contribution in [-0.4, -0.2) is 27.8 Å². The Hall–Kier alpha value is -1.89. The van der Waals surface area contributed by atoms with Gasteiger partial charge >= 0.3 is 5.97 Å². The smallest absolute Gasteiger partial charge is 0.327 e.